The lowest BCUT2D eigenvalue weighted by Crippen LogP contribution is -2.42. The van der Waals surface area contributed by atoms with E-state index in [9.17, 15) is 18.4 Å². The number of likely N-dealkylation sites (N-methyl/N-ethyl adjacent to an activating group) is 1. The number of allylic oxidation sites excluding steroid dienone is 2. The van der Waals surface area contributed by atoms with Crippen LogP contribution in [0.1, 0.15) is 78.6 Å². The summed E-state index contributed by atoms with van der Waals surface area (Å²) in [6.45, 7) is 19.5. The minimum absolute atomic E-state index is 0.0641. The third kappa shape index (κ3) is 7.55. The minimum atomic E-state index is -2.56. The van der Waals surface area contributed by atoms with Gasteiger partial charge in [0.1, 0.15) is 5.60 Å². The van der Waals surface area contributed by atoms with Crippen LogP contribution >= 0.6 is 0 Å². The van der Waals surface area contributed by atoms with Crippen molar-refractivity contribution < 1.29 is 23.1 Å². The Bertz CT molecular complexity index is 975. The summed E-state index contributed by atoms with van der Waals surface area (Å²) < 4.78 is 33.8. The Kier molecular flexibility index (Phi) is 10.7. The fraction of sp³-hybridized carbons (Fsp3) is 0.667. The smallest absolute Gasteiger partial charge is 0.410 e. The van der Waals surface area contributed by atoms with E-state index in [0.29, 0.717) is 50.7 Å². The van der Waals surface area contributed by atoms with Crippen LogP contribution in [-0.4, -0.2) is 70.3 Å². The molecule has 0 atom stereocenters. The molecule has 0 radical (unpaired) electrons. The highest BCUT2D eigenvalue weighted by molar-refractivity contribution is 5.68. The summed E-state index contributed by atoms with van der Waals surface area (Å²) in [5.74, 6) is 0.645. The van der Waals surface area contributed by atoms with Gasteiger partial charge >= 0.3 is 6.09 Å². The molecule has 2 aliphatic heterocycles. The first kappa shape index (κ1) is 30.3. The minimum Gasteiger partial charge on any atom is -0.444 e. The molecule has 2 amide bonds. The Morgan fingerprint density at radius 3 is 2.38 bits per heavy atom. The van der Waals surface area contributed by atoms with Gasteiger partial charge in [0.05, 0.1) is 12.6 Å². The Morgan fingerprint density at radius 1 is 1.24 bits per heavy atom. The molecule has 0 spiro atoms. The number of aromatic nitrogens is 2. The van der Waals surface area contributed by atoms with Crippen LogP contribution in [0.15, 0.2) is 23.9 Å². The Balaban J connectivity index is 0.00000235. The Hall–Kier alpha value is -2.91. The second-order valence-corrected chi connectivity index (χ2v) is 10.1. The second-order valence-electron chi connectivity index (χ2n) is 10.1. The quantitative estimate of drug-likeness (QED) is 0.346. The van der Waals surface area contributed by atoms with Gasteiger partial charge in [-0.25, -0.2) is 13.6 Å². The maximum atomic E-state index is 13.1. The molecule has 1 aromatic heterocycles. The van der Waals surface area contributed by atoms with E-state index in [1.165, 1.54) is 13.0 Å². The highest BCUT2D eigenvalue weighted by atomic mass is 19.3. The van der Waals surface area contributed by atoms with Gasteiger partial charge < -0.3 is 19.4 Å². The monoisotopic (exact) mass is 523 g/mol. The zero-order valence-electron chi connectivity index (χ0n) is 23.4. The first-order valence-corrected chi connectivity index (χ1v) is 13.2. The SMILES string of the molecule is C=C(/C=C(\C)C(F)F)N(CC)c1nn(C2CCN(C(=O)OC(C)(C)C)CC2)c2c1CN(C=O)CC2.CC. The zero-order chi connectivity index (χ0) is 27.9. The number of fused-ring (bicyclic) bond motifs is 1. The van der Waals surface area contributed by atoms with Gasteiger partial charge in [-0.3, -0.25) is 9.48 Å². The van der Waals surface area contributed by atoms with Crippen molar-refractivity contribution in [1.82, 2.24) is 19.6 Å². The van der Waals surface area contributed by atoms with E-state index in [1.54, 1.807) is 9.80 Å². The van der Waals surface area contributed by atoms with E-state index in [-0.39, 0.29) is 17.7 Å². The van der Waals surface area contributed by atoms with Crippen molar-refractivity contribution in [2.45, 2.75) is 92.3 Å². The molecule has 0 bridgehead atoms. The highest BCUT2D eigenvalue weighted by Gasteiger charge is 2.33. The van der Waals surface area contributed by atoms with Crippen LogP contribution in [0.4, 0.5) is 19.4 Å². The number of carbonyl (C=O) groups excluding carboxylic acids is 2. The average molecular weight is 524 g/mol. The van der Waals surface area contributed by atoms with Crippen molar-refractivity contribution in [3.05, 3.63) is 35.2 Å². The summed E-state index contributed by atoms with van der Waals surface area (Å²) >= 11 is 0. The van der Waals surface area contributed by atoms with Gasteiger partial charge in [0.2, 0.25) is 6.41 Å². The van der Waals surface area contributed by atoms with Crippen LogP contribution in [0.25, 0.3) is 0 Å². The summed E-state index contributed by atoms with van der Waals surface area (Å²) in [7, 11) is 0. The molecule has 0 N–H and O–H groups in total. The number of ether oxygens (including phenoxy) is 1. The number of nitrogens with zero attached hydrogens (tertiary/aromatic N) is 5. The molecule has 1 fully saturated rings. The van der Waals surface area contributed by atoms with Crippen LogP contribution < -0.4 is 4.90 Å². The number of likely N-dealkylation sites (tertiary alicyclic amines) is 1. The van der Waals surface area contributed by atoms with Crippen LogP contribution in [0.2, 0.25) is 0 Å². The standard InChI is InChI=1S/C25H37F2N5O3.C2H6/c1-7-31(18(3)14-17(2)22(26)27)23-20-15-29(16-33)11-10-21(20)32(28-23)19-8-12-30(13-9-19)24(34)35-25(4,5)6;1-2/h14,16,19,22H,3,7-13,15H2,1-2,4-6H3;1-2H3/b17-14+;. The number of carbonyl (C=O) groups is 2. The molecule has 1 aromatic rings. The van der Waals surface area contributed by atoms with Gasteiger partial charge in [0, 0.05) is 49.6 Å². The van der Waals surface area contributed by atoms with Crippen molar-refractivity contribution in [3.63, 3.8) is 0 Å². The topological polar surface area (TPSA) is 70.9 Å². The van der Waals surface area contributed by atoms with E-state index < -0.39 is 12.0 Å². The molecule has 3 heterocycles. The molecule has 208 valence electrons. The number of hydrogen-bond acceptors (Lipinski definition) is 5. The molecule has 0 saturated carbocycles. The summed E-state index contributed by atoms with van der Waals surface area (Å²) in [4.78, 5) is 29.2. The molecule has 2 aliphatic rings. The van der Waals surface area contributed by atoms with Gasteiger partial charge in [0.25, 0.3) is 6.43 Å². The summed E-state index contributed by atoms with van der Waals surface area (Å²) in [6, 6.07) is 0.0873. The van der Waals surface area contributed by atoms with E-state index in [1.807, 2.05) is 51.1 Å². The van der Waals surface area contributed by atoms with Crippen molar-refractivity contribution >= 4 is 18.3 Å². The first-order chi connectivity index (χ1) is 17.4. The maximum Gasteiger partial charge on any atom is 0.410 e. The Labute approximate surface area is 219 Å². The molecule has 0 aromatic carbocycles. The zero-order valence-corrected chi connectivity index (χ0v) is 23.4. The molecule has 0 aliphatic carbocycles. The van der Waals surface area contributed by atoms with Crippen LogP contribution in [0, 0.1) is 0 Å². The normalized spacial score (nSPS) is 16.6. The number of alkyl halides is 2. The molecule has 1 saturated heterocycles. The third-order valence-electron chi connectivity index (χ3n) is 6.36. The number of piperidine rings is 1. The third-order valence-corrected chi connectivity index (χ3v) is 6.36. The lowest BCUT2D eigenvalue weighted by atomic mass is 10.0. The van der Waals surface area contributed by atoms with E-state index >= 15 is 0 Å². The summed E-state index contributed by atoms with van der Waals surface area (Å²) in [6.07, 6.45) is 1.45. The van der Waals surface area contributed by atoms with Gasteiger partial charge in [-0.2, -0.15) is 5.10 Å². The van der Waals surface area contributed by atoms with E-state index in [4.69, 9.17) is 9.84 Å². The van der Waals surface area contributed by atoms with Gasteiger partial charge in [-0.1, -0.05) is 20.4 Å². The van der Waals surface area contributed by atoms with Gasteiger partial charge in [-0.05, 0) is 59.1 Å². The van der Waals surface area contributed by atoms with Gasteiger partial charge in [-0.15, -0.1) is 0 Å². The largest absolute Gasteiger partial charge is 0.444 e. The van der Waals surface area contributed by atoms with E-state index in [2.05, 4.69) is 6.58 Å². The van der Waals surface area contributed by atoms with Crippen LogP contribution in [-0.2, 0) is 22.5 Å². The summed E-state index contributed by atoms with van der Waals surface area (Å²) in [5, 5.41) is 4.95. The summed E-state index contributed by atoms with van der Waals surface area (Å²) in [5.41, 5.74) is 1.79. The fourth-order valence-electron chi connectivity index (χ4n) is 4.57. The number of rotatable bonds is 7. The van der Waals surface area contributed by atoms with E-state index in [0.717, 1.165) is 30.5 Å². The number of hydrogen-bond donors (Lipinski definition) is 0. The number of amides is 2. The van der Waals surface area contributed by atoms with Crippen molar-refractivity contribution in [3.8, 4) is 0 Å². The predicted molar refractivity (Wildman–Crippen MR) is 142 cm³/mol. The van der Waals surface area contributed by atoms with Crippen molar-refractivity contribution in [2.75, 3.05) is 31.1 Å². The van der Waals surface area contributed by atoms with Gasteiger partial charge in [0.15, 0.2) is 5.82 Å². The van der Waals surface area contributed by atoms with Crippen LogP contribution in [0.3, 0.4) is 0 Å². The average Bonchev–Trinajstić information content (AvgIpc) is 3.23. The van der Waals surface area contributed by atoms with Crippen LogP contribution in [0.5, 0.6) is 0 Å². The second kappa shape index (κ2) is 13.1. The molecule has 3 rings (SSSR count). The molecule has 8 nitrogen and oxygen atoms in total. The Morgan fingerprint density at radius 2 is 1.86 bits per heavy atom. The molecule has 37 heavy (non-hydrogen) atoms. The number of anilines is 1. The number of halogens is 2. The molecule has 0 unspecified atom stereocenters. The lowest BCUT2D eigenvalue weighted by molar-refractivity contribution is -0.118. The molecular formula is C27H43F2N5O3. The highest BCUT2D eigenvalue weighted by Crippen LogP contribution is 2.35. The van der Waals surface area contributed by atoms with Crippen molar-refractivity contribution in [2.24, 2.45) is 0 Å². The molecule has 10 heteroatoms. The maximum absolute atomic E-state index is 13.1. The predicted octanol–water partition coefficient (Wildman–Crippen LogP) is 5.55. The lowest BCUT2D eigenvalue weighted by Gasteiger charge is -2.34. The fourth-order valence-corrected chi connectivity index (χ4v) is 4.57. The van der Waals surface area contributed by atoms with Crippen molar-refractivity contribution in [1.29, 1.82) is 0 Å². The molecular weight excluding hydrogens is 480 g/mol. The first-order valence-electron chi connectivity index (χ1n) is 13.2.